The maximum Gasteiger partial charge on any atom is 0.235 e. The first-order chi connectivity index (χ1) is 9.23. The first-order valence-electron chi connectivity index (χ1n) is 5.61. The minimum Gasteiger partial charge on any atom is -0.493 e. The molecule has 0 saturated carbocycles. The summed E-state index contributed by atoms with van der Waals surface area (Å²) in [7, 11) is 4.46. The summed E-state index contributed by atoms with van der Waals surface area (Å²) in [5.41, 5.74) is 2.49. The molecule has 1 heterocycles. The van der Waals surface area contributed by atoms with Crippen LogP contribution in [0, 0.1) is 0 Å². The molecule has 2 aromatic rings. The first kappa shape index (κ1) is 13.6. The summed E-state index contributed by atoms with van der Waals surface area (Å²) < 4.78 is 15.9. The summed E-state index contributed by atoms with van der Waals surface area (Å²) in [5, 5.41) is 11.0. The van der Waals surface area contributed by atoms with Gasteiger partial charge in [0, 0.05) is 22.6 Å². The van der Waals surface area contributed by atoms with Crippen LogP contribution in [0.5, 0.6) is 17.2 Å². The molecule has 19 heavy (non-hydrogen) atoms. The number of hydrogen-bond donors (Lipinski definition) is 1. The number of benzene rings is 1. The maximum absolute atomic E-state index is 9.07. The van der Waals surface area contributed by atoms with Crippen LogP contribution in [-0.2, 0) is 6.61 Å². The molecule has 0 aliphatic heterocycles. The number of thiazole rings is 1. The molecule has 1 aromatic carbocycles. The SMILES string of the molecule is COc1cc(-[s+]2cnc(CO)c2)cc(OC)c1OC. The van der Waals surface area contributed by atoms with Crippen LogP contribution in [0.25, 0.3) is 4.90 Å². The number of methoxy groups -OCH3 is 3. The lowest BCUT2D eigenvalue weighted by Gasteiger charge is -2.11. The maximum atomic E-state index is 9.07. The van der Waals surface area contributed by atoms with Gasteiger partial charge in [-0.25, -0.2) is 4.98 Å². The lowest BCUT2D eigenvalue weighted by Crippen LogP contribution is -1.94. The number of rotatable bonds is 5. The molecule has 0 amide bonds. The third-order valence-electron chi connectivity index (χ3n) is 2.67. The van der Waals surface area contributed by atoms with Crippen LogP contribution in [0.2, 0.25) is 0 Å². The first-order valence-corrected chi connectivity index (χ1v) is 6.96. The Morgan fingerprint density at radius 2 is 1.74 bits per heavy atom. The van der Waals surface area contributed by atoms with Crippen LogP contribution in [-0.4, -0.2) is 31.4 Å². The molecular formula is C13H16NO4S+. The number of aromatic nitrogens is 1. The van der Waals surface area contributed by atoms with E-state index in [1.807, 2.05) is 23.0 Å². The molecule has 0 aliphatic rings. The van der Waals surface area contributed by atoms with Crippen LogP contribution < -0.4 is 14.2 Å². The van der Waals surface area contributed by atoms with Gasteiger partial charge < -0.3 is 19.3 Å². The average molecular weight is 282 g/mol. The second-order valence-corrected chi connectivity index (χ2v) is 5.40. The van der Waals surface area contributed by atoms with Gasteiger partial charge in [0.1, 0.15) is 5.69 Å². The van der Waals surface area contributed by atoms with Gasteiger partial charge in [0.15, 0.2) is 21.8 Å². The van der Waals surface area contributed by atoms with Crippen molar-refractivity contribution in [3.05, 3.63) is 28.7 Å². The Labute approximate surface area is 114 Å². The summed E-state index contributed by atoms with van der Waals surface area (Å²) in [6.07, 6.45) is 0. The lowest BCUT2D eigenvalue weighted by atomic mass is 10.3. The van der Waals surface area contributed by atoms with Gasteiger partial charge in [-0.05, 0) is 0 Å². The van der Waals surface area contributed by atoms with E-state index in [0.717, 1.165) is 4.90 Å². The largest absolute Gasteiger partial charge is 0.493 e. The van der Waals surface area contributed by atoms with Gasteiger partial charge in [-0.2, -0.15) is 0 Å². The summed E-state index contributed by atoms with van der Waals surface area (Å²) in [4.78, 5) is 5.15. The normalized spacial score (nSPS) is 11.3. The van der Waals surface area contributed by atoms with E-state index in [4.69, 9.17) is 19.3 Å². The van der Waals surface area contributed by atoms with E-state index in [0.29, 0.717) is 22.9 Å². The summed E-state index contributed by atoms with van der Waals surface area (Å²) in [6, 6.07) is 3.79. The molecule has 0 fully saturated rings. The molecule has 1 atom stereocenters. The van der Waals surface area contributed by atoms with Crippen LogP contribution in [0.1, 0.15) is 5.69 Å². The Kier molecular flexibility index (Phi) is 4.24. The van der Waals surface area contributed by atoms with Gasteiger partial charge in [-0.3, -0.25) is 0 Å². The Bertz CT molecular complexity index is 543. The zero-order valence-corrected chi connectivity index (χ0v) is 11.9. The van der Waals surface area contributed by atoms with Crippen molar-refractivity contribution in [3.8, 4) is 22.1 Å². The fourth-order valence-electron chi connectivity index (χ4n) is 1.73. The van der Waals surface area contributed by atoms with Crippen molar-refractivity contribution >= 4 is 10.5 Å². The van der Waals surface area contributed by atoms with Gasteiger partial charge >= 0.3 is 0 Å². The monoisotopic (exact) mass is 282 g/mol. The van der Waals surface area contributed by atoms with Crippen LogP contribution in [0.4, 0.5) is 0 Å². The minimum absolute atomic E-state index is 0.0512. The van der Waals surface area contributed by atoms with E-state index in [-0.39, 0.29) is 17.1 Å². The highest BCUT2D eigenvalue weighted by Gasteiger charge is 2.20. The van der Waals surface area contributed by atoms with Crippen molar-refractivity contribution < 1.29 is 19.3 Å². The highest BCUT2D eigenvalue weighted by molar-refractivity contribution is 7.36. The molecule has 5 nitrogen and oxygen atoms in total. The van der Waals surface area contributed by atoms with E-state index in [2.05, 4.69) is 4.98 Å². The molecule has 0 spiro atoms. The second kappa shape index (κ2) is 5.90. The lowest BCUT2D eigenvalue weighted by molar-refractivity contribution is 0.277. The summed E-state index contributed by atoms with van der Waals surface area (Å²) >= 11 is 0. The summed E-state index contributed by atoms with van der Waals surface area (Å²) in [5.74, 6) is 1.80. The number of ether oxygens (including phenoxy) is 3. The van der Waals surface area contributed by atoms with E-state index in [1.54, 1.807) is 21.3 Å². The Morgan fingerprint density at radius 1 is 1.11 bits per heavy atom. The Balaban J connectivity index is 2.51. The zero-order valence-electron chi connectivity index (χ0n) is 11.0. The number of aliphatic hydroxyl groups excluding tert-OH is 1. The molecule has 0 bridgehead atoms. The predicted octanol–water partition coefficient (Wildman–Crippen LogP) is 2.34. The third-order valence-corrected chi connectivity index (χ3v) is 4.31. The zero-order chi connectivity index (χ0) is 13.8. The number of nitrogens with zero attached hydrogens (tertiary/aromatic N) is 1. The van der Waals surface area contributed by atoms with Crippen LogP contribution >= 0.6 is 10.5 Å². The van der Waals surface area contributed by atoms with Crippen molar-refractivity contribution in [2.45, 2.75) is 6.61 Å². The van der Waals surface area contributed by atoms with Gasteiger partial charge in [-0.1, -0.05) is 0 Å². The van der Waals surface area contributed by atoms with E-state index in [1.165, 1.54) is 0 Å². The topological polar surface area (TPSA) is 60.8 Å². The minimum atomic E-state index is -0.284. The Hall–Kier alpha value is -1.79. The molecule has 0 radical (unpaired) electrons. The smallest absolute Gasteiger partial charge is 0.235 e. The van der Waals surface area contributed by atoms with E-state index < -0.39 is 0 Å². The molecule has 1 N–H and O–H groups in total. The molecule has 2 rings (SSSR count). The van der Waals surface area contributed by atoms with Crippen molar-refractivity contribution in [1.29, 1.82) is 0 Å². The predicted molar refractivity (Wildman–Crippen MR) is 73.6 cm³/mol. The van der Waals surface area contributed by atoms with Crippen molar-refractivity contribution in [2.75, 3.05) is 21.3 Å². The molecule has 0 saturated heterocycles. The molecular weight excluding hydrogens is 266 g/mol. The van der Waals surface area contributed by atoms with Gasteiger partial charge in [0.05, 0.1) is 27.9 Å². The summed E-state index contributed by atoms with van der Waals surface area (Å²) in [6.45, 7) is -0.0512. The average Bonchev–Trinajstić information content (AvgIpc) is 2.94. The molecule has 0 aliphatic carbocycles. The molecule has 102 valence electrons. The van der Waals surface area contributed by atoms with Crippen molar-refractivity contribution in [1.82, 2.24) is 4.98 Å². The van der Waals surface area contributed by atoms with E-state index >= 15 is 0 Å². The fraction of sp³-hybridized carbons (Fsp3) is 0.308. The highest BCUT2D eigenvalue weighted by Crippen LogP contribution is 2.44. The fourth-order valence-corrected chi connectivity index (χ4v) is 3.21. The number of hydrogen-bond acceptors (Lipinski definition) is 5. The Morgan fingerprint density at radius 3 is 2.16 bits per heavy atom. The quantitative estimate of drug-likeness (QED) is 0.853. The molecule has 1 unspecified atom stereocenters. The standard InChI is InChI=1S/C13H16NO4S/c1-16-11-4-10(5-12(17-2)13(11)18-3)19-7-9(6-15)14-8-19/h4-5,7-8,15H,6H2,1-3H3/q+1. The third kappa shape index (κ3) is 2.64. The van der Waals surface area contributed by atoms with Crippen molar-refractivity contribution in [3.63, 3.8) is 0 Å². The molecule has 6 heteroatoms. The second-order valence-electron chi connectivity index (χ2n) is 3.73. The highest BCUT2D eigenvalue weighted by atomic mass is 32.2. The van der Waals surface area contributed by atoms with Gasteiger partial charge in [0.2, 0.25) is 11.3 Å². The van der Waals surface area contributed by atoms with Crippen LogP contribution in [0.3, 0.4) is 0 Å². The van der Waals surface area contributed by atoms with Gasteiger partial charge in [-0.15, -0.1) is 0 Å². The van der Waals surface area contributed by atoms with Crippen molar-refractivity contribution in [2.24, 2.45) is 0 Å². The number of aliphatic hydroxyl groups is 1. The van der Waals surface area contributed by atoms with E-state index in [9.17, 15) is 0 Å². The van der Waals surface area contributed by atoms with Gasteiger partial charge in [0.25, 0.3) is 0 Å². The van der Waals surface area contributed by atoms with Crippen LogP contribution in [0.15, 0.2) is 23.0 Å². The molecule has 1 aromatic heterocycles.